The maximum absolute atomic E-state index is 10.6. The number of aliphatic imine (C=N–C) groups is 1. The van der Waals surface area contributed by atoms with Crippen LogP contribution in [-0.4, -0.2) is 40.4 Å². The first-order valence-corrected chi connectivity index (χ1v) is 6.27. The third-order valence-electron chi connectivity index (χ3n) is 3.62. The summed E-state index contributed by atoms with van der Waals surface area (Å²) < 4.78 is 0. The standard InChI is InChI=1S/C12H20N2O2/c1-2-11-13-9-5-3-4-6-10(9)14(11)8-7-12(15)16/h9-10H,2-8H2,1H3,(H,15,16). The summed E-state index contributed by atoms with van der Waals surface area (Å²) in [6.45, 7) is 2.73. The highest BCUT2D eigenvalue weighted by atomic mass is 16.4. The molecule has 0 spiro atoms. The minimum atomic E-state index is -0.713. The number of carboxylic acid groups (broad SMARTS) is 1. The number of rotatable bonds is 4. The molecule has 0 aromatic rings. The number of amidine groups is 1. The highest BCUT2D eigenvalue weighted by Crippen LogP contribution is 2.31. The Hall–Kier alpha value is -1.06. The van der Waals surface area contributed by atoms with Gasteiger partial charge in [0.05, 0.1) is 24.3 Å². The zero-order chi connectivity index (χ0) is 11.5. The van der Waals surface area contributed by atoms with E-state index in [0.717, 1.165) is 12.3 Å². The molecule has 90 valence electrons. The van der Waals surface area contributed by atoms with E-state index < -0.39 is 5.97 Å². The quantitative estimate of drug-likeness (QED) is 0.793. The molecule has 0 bridgehead atoms. The Morgan fingerprint density at radius 3 is 2.94 bits per heavy atom. The van der Waals surface area contributed by atoms with Gasteiger partial charge in [0.25, 0.3) is 0 Å². The SMILES string of the molecule is CCC1=NC2CCCCC2N1CCC(=O)O. The maximum Gasteiger partial charge on any atom is 0.305 e. The molecule has 4 heteroatoms. The minimum Gasteiger partial charge on any atom is -0.481 e. The van der Waals surface area contributed by atoms with Crippen LogP contribution in [0.4, 0.5) is 0 Å². The summed E-state index contributed by atoms with van der Waals surface area (Å²) in [7, 11) is 0. The van der Waals surface area contributed by atoms with E-state index in [4.69, 9.17) is 10.1 Å². The second-order valence-corrected chi connectivity index (χ2v) is 4.66. The molecule has 1 aliphatic carbocycles. The lowest BCUT2D eigenvalue weighted by atomic mass is 9.91. The molecule has 1 fully saturated rings. The Balaban J connectivity index is 2.02. The summed E-state index contributed by atoms with van der Waals surface area (Å²) in [5.41, 5.74) is 0. The molecule has 2 aliphatic rings. The van der Waals surface area contributed by atoms with E-state index in [-0.39, 0.29) is 6.42 Å². The van der Waals surface area contributed by atoms with E-state index in [9.17, 15) is 4.79 Å². The Labute approximate surface area is 96.4 Å². The number of fused-ring (bicyclic) bond motifs is 1. The normalized spacial score (nSPS) is 28.8. The first-order chi connectivity index (χ1) is 7.72. The Bertz CT molecular complexity index is 301. The van der Waals surface area contributed by atoms with Gasteiger partial charge in [-0.3, -0.25) is 9.79 Å². The van der Waals surface area contributed by atoms with Gasteiger partial charge in [-0.15, -0.1) is 0 Å². The second kappa shape index (κ2) is 4.85. The molecule has 0 saturated heterocycles. The molecular weight excluding hydrogens is 204 g/mol. The van der Waals surface area contributed by atoms with E-state index in [0.29, 0.717) is 18.6 Å². The van der Waals surface area contributed by atoms with E-state index >= 15 is 0 Å². The summed E-state index contributed by atoms with van der Waals surface area (Å²) in [6.07, 6.45) is 6.04. The fraction of sp³-hybridized carbons (Fsp3) is 0.833. The smallest absolute Gasteiger partial charge is 0.305 e. The predicted octanol–water partition coefficient (Wildman–Crippen LogP) is 1.90. The van der Waals surface area contributed by atoms with Crippen molar-refractivity contribution in [3.63, 3.8) is 0 Å². The van der Waals surface area contributed by atoms with Gasteiger partial charge in [0.2, 0.25) is 0 Å². The Kier molecular flexibility index (Phi) is 3.46. The van der Waals surface area contributed by atoms with Crippen LogP contribution >= 0.6 is 0 Å². The zero-order valence-corrected chi connectivity index (χ0v) is 9.85. The number of hydrogen-bond donors (Lipinski definition) is 1. The molecule has 1 N–H and O–H groups in total. The van der Waals surface area contributed by atoms with Crippen LogP contribution in [-0.2, 0) is 4.79 Å². The number of nitrogens with zero attached hydrogens (tertiary/aromatic N) is 2. The van der Waals surface area contributed by atoms with Gasteiger partial charge >= 0.3 is 5.97 Å². The molecule has 1 aliphatic heterocycles. The van der Waals surface area contributed by atoms with Crippen molar-refractivity contribution in [2.24, 2.45) is 4.99 Å². The van der Waals surface area contributed by atoms with Crippen molar-refractivity contribution in [2.45, 2.75) is 57.5 Å². The average Bonchev–Trinajstić information content (AvgIpc) is 2.64. The van der Waals surface area contributed by atoms with Crippen LogP contribution in [0.2, 0.25) is 0 Å². The predicted molar refractivity (Wildman–Crippen MR) is 62.7 cm³/mol. The molecule has 0 aromatic heterocycles. The molecule has 1 saturated carbocycles. The largest absolute Gasteiger partial charge is 0.481 e. The lowest BCUT2D eigenvalue weighted by Gasteiger charge is -2.32. The minimum absolute atomic E-state index is 0.224. The molecule has 1 heterocycles. The molecule has 4 nitrogen and oxygen atoms in total. The lowest BCUT2D eigenvalue weighted by molar-refractivity contribution is -0.137. The van der Waals surface area contributed by atoms with E-state index in [1.807, 2.05) is 0 Å². The van der Waals surface area contributed by atoms with Crippen LogP contribution in [0.25, 0.3) is 0 Å². The van der Waals surface area contributed by atoms with Crippen molar-refractivity contribution < 1.29 is 9.90 Å². The van der Waals surface area contributed by atoms with Gasteiger partial charge in [0.15, 0.2) is 0 Å². The first-order valence-electron chi connectivity index (χ1n) is 6.27. The highest BCUT2D eigenvalue weighted by Gasteiger charge is 2.36. The van der Waals surface area contributed by atoms with Crippen molar-refractivity contribution in [2.75, 3.05) is 6.54 Å². The number of carbonyl (C=O) groups is 1. The van der Waals surface area contributed by atoms with Crippen LogP contribution in [0.15, 0.2) is 4.99 Å². The number of hydrogen-bond acceptors (Lipinski definition) is 3. The summed E-state index contributed by atoms with van der Waals surface area (Å²) in [5.74, 6) is 0.410. The third kappa shape index (κ3) is 2.20. The summed E-state index contributed by atoms with van der Waals surface area (Å²) in [6, 6.07) is 0.931. The van der Waals surface area contributed by atoms with Gasteiger partial charge < -0.3 is 10.0 Å². The maximum atomic E-state index is 10.6. The van der Waals surface area contributed by atoms with Crippen molar-refractivity contribution in [1.29, 1.82) is 0 Å². The monoisotopic (exact) mass is 224 g/mol. The van der Waals surface area contributed by atoms with Crippen molar-refractivity contribution in [3.8, 4) is 0 Å². The molecule has 16 heavy (non-hydrogen) atoms. The van der Waals surface area contributed by atoms with E-state index in [1.54, 1.807) is 0 Å². The molecule has 2 atom stereocenters. The molecule has 2 rings (SSSR count). The molecular formula is C12H20N2O2. The van der Waals surface area contributed by atoms with E-state index in [1.165, 1.54) is 25.7 Å². The van der Waals surface area contributed by atoms with Crippen LogP contribution < -0.4 is 0 Å². The fourth-order valence-electron chi connectivity index (χ4n) is 2.87. The van der Waals surface area contributed by atoms with Crippen LogP contribution in [0.3, 0.4) is 0 Å². The highest BCUT2D eigenvalue weighted by molar-refractivity contribution is 5.84. The topological polar surface area (TPSA) is 52.9 Å². The van der Waals surface area contributed by atoms with Crippen LogP contribution in [0, 0.1) is 0 Å². The van der Waals surface area contributed by atoms with E-state index in [2.05, 4.69) is 11.8 Å². The molecule has 0 aromatic carbocycles. The summed E-state index contributed by atoms with van der Waals surface area (Å²) >= 11 is 0. The Morgan fingerprint density at radius 2 is 2.25 bits per heavy atom. The van der Waals surface area contributed by atoms with Crippen LogP contribution in [0.1, 0.15) is 45.4 Å². The molecule has 2 unspecified atom stereocenters. The fourth-order valence-corrected chi connectivity index (χ4v) is 2.87. The van der Waals surface area contributed by atoms with Gasteiger partial charge in [-0.25, -0.2) is 0 Å². The van der Waals surface area contributed by atoms with Gasteiger partial charge in [0, 0.05) is 13.0 Å². The summed E-state index contributed by atoms with van der Waals surface area (Å²) in [4.78, 5) is 17.6. The number of aliphatic carboxylic acids is 1. The first kappa shape index (κ1) is 11.4. The van der Waals surface area contributed by atoms with Gasteiger partial charge in [0.1, 0.15) is 0 Å². The van der Waals surface area contributed by atoms with Crippen molar-refractivity contribution in [1.82, 2.24) is 4.90 Å². The van der Waals surface area contributed by atoms with Crippen molar-refractivity contribution in [3.05, 3.63) is 0 Å². The van der Waals surface area contributed by atoms with Crippen LogP contribution in [0.5, 0.6) is 0 Å². The van der Waals surface area contributed by atoms with Gasteiger partial charge in [-0.1, -0.05) is 19.8 Å². The average molecular weight is 224 g/mol. The number of carboxylic acids is 1. The third-order valence-corrected chi connectivity index (χ3v) is 3.62. The zero-order valence-electron chi connectivity index (χ0n) is 9.85. The second-order valence-electron chi connectivity index (χ2n) is 4.66. The molecule has 0 amide bonds. The van der Waals surface area contributed by atoms with Gasteiger partial charge in [-0.05, 0) is 12.8 Å². The van der Waals surface area contributed by atoms with Gasteiger partial charge in [-0.2, -0.15) is 0 Å². The lowest BCUT2D eigenvalue weighted by Crippen LogP contribution is -2.42. The van der Waals surface area contributed by atoms with Crippen molar-refractivity contribution >= 4 is 11.8 Å². The Morgan fingerprint density at radius 1 is 1.50 bits per heavy atom. The summed E-state index contributed by atoms with van der Waals surface area (Å²) in [5, 5.41) is 8.76. The molecule has 0 radical (unpaired) electrons.